The van der Waals surface area contributed by atoms with Crippen LogP contribution in [0, 0.1) is 5.41 Å². The molecule has 1 fully saturated rings. The lowest BCUT2D eigenvalue weighted by atomic mass is 9.84. The fourth-order valence-corrected chi connectivity index (χ4v) is 4.76. The summed E-state index contributed by atoms with van der Waals surface area (Å²) in [4.78, 5) is 10.8. The number of rotatable bonds is 6. The topological polar surface area (TPSA) is 83.5 Å². The van der Waals surface area contributed by atoms with Crippen LogP contribution in [0.3, 0.4) is 0 Å². The molecule has 1 atom stereocenters. The third-order valence-electron chi connectivity index (χ3n) is 4.44. The molecular formula is C15H27F2NO4S. The Morgan fingerprint density at radius 2 is 1.83 bits per heavy atom. The maximum absolute atomic E-state index is 13.1. The molecule has 0 aromatic heterocycles. The molecule has 0 heterocycles. The molecule has 1 saturated carbocycles. The van der Waals surface area contributed by atoms with Gasteiger partial charge >= 0.3 is 6.09 Å². The molecule has 0 aromatic rings. The summed E-state index contributed by atoms with van der Waals surface area (Å²) in [6.07, 6.45) is -1.15. The average molecular weight is 355 g/mol. The summed E-state index contributed by atoms with van der Waals surface area (Å²) in [7, 11) is -3.41. The number of carbonyl (C=O) groups is 1. The van der Waals surface area contributed by atoms with E-state index in [1.165, 1.54) is 0 Å². The van der Waals surface area contributed by atoms with Crippen LogP contribution in [0.15, 0.2) is 0 Å². The molecule has 0 radical (unpaired) electrons. The fourth-order valence-electron chi connectivity index (χ4n) is 2.90. The van der Waals surface area contributed by atoms with E-state index in [4.69, 9.17) is 5.11 Å². The molecular weight excluding hydrogens is 328 g/mol. The second kappa shape index (κ2) is 7.32. The van der Waals surface area contributed by atoms with E-state index >= 15 is 0 Å². The maximum atomic E-state index is 13.1. The Kier molecular flexibility index (Phi) is 6.40. The number of hydrogen-bond donors (Lipinski definition) is 2. The van der Waals surface area contributed by atoms with E-state index in [1.807, 2.05) is 20.8 Å². The van der Waals surface area contributed by atoms with Crippen LogP contribution in [0.4, 0.5) is 13.6 Å². The zero-order valence-electron chi connectivity index (χ0n) is 13.9. The molecule has 0 spiro atoms. The van der Waals surface area contributed by atoms with Crippen molar-refractivity contribution in [3.05, 3.63) is 0 Å². The Hall–Kier alpha value is -0.920. The second-order valence-corrected chi connectivity index (χ2v) is 9.83. The van der Waals surface area contributed by atoms with Gasteiger partial charge in [-0.25, -0.2) is 22.0 Å². The van der Waals surface area contributed by atoms with E-state index in [-0.39, 0.29) is 42.9 Å². The van der Waals surface area contributed by atoms with Crippen LogP contribution in [-0.4, -0.2) is 42.6 Å². The first kappa shape index (κ1) is 20.1. The normalized spacial score (nSPS) is 20.9. The predicted octanol–water partition coefficient (Wildman–Crippen LogP) is 3.44. The van der Waals surface area contributed by atoms with Crippen molar-refractivity contribution in [2.75, 3.05) is 5.75 Å². The van der Waals surface area contributed by atoms with E-state index in [2.05, 4.69) is 5.32 Å². The molecule has 0 bridgehead atoms. The molecule has 23 heavy (non-hydrogen) atoms. The number of hydrogen-bond acceptors (Lipinski definition) is 3. The van der Waals surface area contributed by atoms with Gasteiger partial charge in [-0.1, -0.05) is 20.8 Å². The van der Waals surface area contributed by atoms with Crippen molar-refractivity contribution in [3.63, 3.8) is 0 Å². The lowest BCUT2D eigenvalue weighted by molar-refractivity contribution is -0.0328. The number of nitrogens with one attached hydrogen (secondary N) is 1. The molecule has 0 aromatic carbocycles. The summed E-state index contributed by atoms with van der Waals surface area (Å²) in [5.74, 6) is -2.83. The first-order valence-corrected chi connectivity index (χ1v) is 9.64. The SMILES string of the molecule is CC(C)(C)C(CCCS(=O)(=O)C1CCC(F)(F)CC1)NC(=O)O. The minimum atomic E-state index is -3.41. The van der Waals surface area contributed by atoms with Crippen molar-refractivity contribution in [1.82, 2.24) is 5.32 Å². The Labute approximate surface area is 136 Å². The molecule has 1 unspecified atom stereocenters. The summed E-state index contributed by atoms with van der Waals surface area (Å²) >= 11 is 0. The number of amides is 1. The summed E-state index contributed by atoms with van der Waals surface area (Å²) in [5, 5.41) is 10.6. The number of halogens is 2. The highest BCUT2D eigenvalue weighted by atomic mass is 32.2. The number of alkyl halides is 2. The van der Waals surface area contributed by atoms with Crippen molar-refractivity contribution >= 4 is 15.9 Å². The van der Waals surface area contributed by atoms with Gasteiger partial charge in [-0.15, -0.1) is 0 Å². The van der Waals surface area contributed by atoms with Gasteiger partial charge in [0.25, 0.3) is 0 Å². The third-order valence-corrected chi connectivity index (χ3v) is 6.78. The molecule has 2 N–H and O–H groups in total. The number of sulfone groups is 1. The van der Waals surface area contributed by atoms with Crippen molar-refractivity contribution in [1.29, 1.82) is 0 Å². The molecule has 136 valence electrons. The minimum Gasteiger partial charge on any atom is -0.465 e. The van der Waals surface area contributed by atoms with Gasteiger partial charge in [0.05, 0.1) is 11.0 Å². The molecule has 1 aliphatic rings. The zero-order chi connectivity index (χ0) is 17.9. The fraction of sp³-hybridized carbons (Fsp3) is 0.933. The van der Waals surface area contributed by atoms with Crippen LogP contribution in [0.1, 0.15) is 59.3 Å². The quantitative estimate of drug-likeness (QED) is 0.764. The van der Waals surface area contributed by atoms with Crippen molar-refractivity contribution in [2.45, 2.75) is 76.5 Å². The van der Waals surface area contributed by atoms with E-state index in [9.17, 15) is 22.0 Å². The van der Waals surface area contributed by atoms with E-state index in [1.54, 1.807) is 0 Å². The first-order chi connectivity index (χ1) is 10.3. The predicted molar refractivity (Wildman–Crippen MR) is 84.6 cm³/mol. The van der Waals surface area contributed by atoms with Crippen LogP contribution in [-0.2, 0) is 9.84 Å². The monoisotopic (exact) mass is 355 g/mol. The van der Waals surface area contributed by atoms with E-state index in [0.29, 0.717) is 12.8 Å². The summed E-state index contributed by atoms with van der Waals surface area (Å²) in [6.45, 7) is 5.64. The van der Waals surface area contributed by atoms with Crippen LogP contribution in [0.2, 0.25) is 0 Å². The standard InChI is InChI=1S/C15H27F2NO4S/c1-14(2,3)12(18-13(19)20)5-4-10-23(21,22)11-6-8-15(16,17)9-7-11/h11-12,18H,4-10H2,1-3H3,(H,19,20). The van der Waals surface area contributed by atoms with Crippen LogP contribution in [0.5, 0.6) is 0 Å². The smallest absolute Gasteiger partial charge is 0.404 e. The van der Waals surface area contributed by atoms with Gasteiger partial charge in [0.1, 0.15) is 0 Å². The Bertz CT molecular complexity index is 504. The van der Waals surface area contributed by atoms with Gasteiger partial charge in [0.2, 0.25) is 5.92 Å². The van der Waals surface area contributed by atoms with E-state index < -0.39 is 27.1 Å². The number of carboxylic acid groups (broad SMARTS) is 1. The summed E-state index contributed by atoms with van der Waals surface area (Å²) in [6, 6.07) is -0.356. The molecule has 1 aliphatic carbocycles. The van der Waals surface area contributed by atoms with Gasteiger partial charge in [-0.2, -0.15) is 0 Å². The second-order valence-electron chi connectivity index (χ2n) is 7.43. The van der Waals surface area contributed by atoms with Gasteiger partial charge < -0.3 is 10.4 Å². The van der Waals surface area contributed by atoms with Crippen molar-refractivity contribution < 1.29 is 27.1 Å². The van der Waals surface area contributed by atoms with Gasteiger partial charge in [0, 0.05) is 18.9 Å². The van der Waals surface area contributed by atoms with Crippen molar-refractivity contribution in [2.24, 2.45) is 5.41 Å². The van der Waals surface area contributed by atoms with Crippen molar-refractivity contribution in [3.8, 4) is 0 Å². The molecule has 1 rings (SSSR count). The largest absolute Gasteiger partial charge is 0.465 e. The molecule has 0 saturated heterocycles. The van der Waals surface area contributed by atoms with Crippen LogP contribution < -0.4 is 5.32 Å². The first-order valence-electron chi connectivity index (χ1n) is 7.92. The Balaban J connectivity index is 2.54. The summed E-state index contributed by atoms with van der Waals surface area (Å²) < 4.78 is 50.8. The highest BCUT2D eigenvalue weighted by Crippen LogP contribution is 2.36. The maximum Gasteiger partial charge on any atom is 0.404 e. The van der Waals surface area contributed by atoms with Crippen LogP contribution in [0.25, 0.3) is 0 Å². The molecule has 1 amide bonds. The molecule has 5 nitrogen and oxygen atoms in total. The molecule has 8 heteroatoms. The Morgan fingerprint density at radius 1 is 1.30 bits per heavy atom. The van der Waals surface area contributed by atoms with Gasteiger partial charge in [-0.3, -0.25) is 0 Å². The minimum absolute atomic E-state index is 0.00537. The molecule has 0 aliphatic heterocycles. The highest BCUT2D eigenvalue weighted by molar-refractivity contribution is 7.92. The zero-order valence-corrected chi connectivity index (χ0v) is 14.8. The highest BCUT2D eigenvalue weighted by Gasteiger charge is 2.39. The van der Waals surface area contributed by atoms with E-state index in [0.717, 1.165) is 0 Å². The Morgan fingerprint density at radius 3 is 2.26 bits per heavy atom. The average Bonchev–Trinajstić information content (AvgIpc) is 2.35. The van der Waals surface area contributed by atoms with Gasteiger partial charge in [-0.05, 0) is 31.1 Å². The van der Waals surface area contributed by atoms with Crippen LogP contribution >= 0.6 is 0 Å². The van der Waals surface area contributed by atoms with Gasteiger partial charge in [0.15, 0.2) is 9.84 Å². The lowest BCUT2D eigenvalue weighted by Gasteiger charge is -2.31. The third kappa shape index (κ3) is 6.61. The summed E-state index contributed by atoms with van der Waals surface area (Å²) in [5.41, 5.74) is -0.324. The lowest BCUT2D eigenvalue weighted by Crippen LogP contribution is -2.43.